The molecule has 4 rings (SSSR count). The molecule has 0 heterocycles. The number of rotatable bonds is 12. The summed E-state index contributed by atoms with van der Waals surface area (Å²) < 4.78 is 42.4. The van der Waals surface area contributed by atoms with Crippen LogP contribution in [0.25, 0.3) is 0 Å². The minimum absolute atomic E-state index is 0.134. The van der Waals surface area contributed by atoms with Crippen LogP contribution < -0.4 is 24.6 Å². The lowest BCUT2D eigenvalue weighted by atomic mass is 10.1. The van der Waals surface area contributed by atoms with E-state index in [4.69, 9.17) is 24.6 Å². The summed E-state index contributed by atoms with van der Waals surface area (Å²) in [6.45, 7) is 0. The van der Waals surface area contributed by atoms with Crippen molar-refractivity contribution in [3.05, 3.63) is 126 Å². The Hall–Kier alpha value is -3.91. The highest BCUT2D eigenvalue weighted by atomic mass is 31.2. The number of carbonyl (C=O) groups is 1. The number of benzene rings is 4. The average Bonchev–Trinajstić information content (AvgIpc) is 2.93. The van der Waals surface area contributed by atoms with Crippen molar-refractivity contribution in [1.82, 2.24) is 5.32 Å². The lowest BCUT2D eigenvalue weighted by Crippen LogP contribution is -2.44. The highest BCUT2D eigenvalue weighted by Gasteiger charge is 2.42. The first kappa shape index (κ1) is 29.1. The quantitative estimate of drug-likeness (QED) is 0.165. The van der Waals surface area contributed by atoms with Gasteiger partial charge in [0.2, 0.25) is 5.91 Å². The van der Waals surface area contributed by atoms with Gasteiger partial charge in [0.1, 0.15) is 17.2 Å². The van der Waals surface area contributed by atoms with E-state index in [9.17, 15) is 13.9 Å². The Kier molecular flexibility index (Phi) is 9.42. The maximum absolute atomic E-state index is 14.6. The van der Waals surface area contributed by atoms with E-state index in [2.05, 4.69) is 9.84 Å². The van der Waals surface area contributed by atoms with Gasteiger partial charge in [-0.25, -0.2) is 9.13 Å². The van der Waals surface area contributed by atoms with Crippen molar-refractivity contribution >= 4 is 21.3 Å². The molecule has 0 spiro atoms. The molecule has 0 aliphatic heterocycles. The molecular formula is C28H28N2O8P2. The molecule has 4 aromatic carbocycles. The van der Waals surface area contributed by atoms with Gasteiger partial charge in [0, 0.05) is 0 Å². The number of hydrogen-bond donors (Lipinski definition) is 4. The number of amides is 1. The number of phosphoric ester groups is 1. The van der Waals surface area contributed by atoms with Crippen LogP contribution >= 0.6 is 15.4 Å². The fourth-order valence-electron chi connectivity index (χ4n) is 3.78. The molecule has 0 fully saturated rings. The highest BCUT2D eigenvalue weighted by molar-refractivity contribution is 7.55. The van der Waals surface area contributed by atoms with E-state index < -0.39 is 33.2 Å². The summed E-state index contributed by atoms with van der Waals surface area (Å²) in [7, 11) is -9.12. The van der Waals surface area contributed by atoms with E-state index in [1.807, 2.05) is 30.3 Å². The van der Waals surface area contributed by atoms with Crippen LogP contribution in [0.15, 0.2) is 115 Å². The molecule has 0 aliphatic carbocycles. The SMILES string of the molecule is NC(Cc1ccccc1)C(=O)NC(c1ccc(OP(=O)(O)O)cc1)P(=O)(Oc1ccccc1)Oc1ccccc1. The normalized spacial score (nSPS) is 13.1. The van der Waals surface area contributed by atoms with E-state index >= 15 is 0 Å². The molecule has 0 radical (unpaired) electrons. The van der Waals surface area contributed by atoms with E-state index in [1.165, 1.54) is 24.3 Å². The maximum Gasteiger partial charge on any atom is 0.524 e. The predicted molar refractivity (Wildman–Crippen MR) is 150 cm³/mol. The van der Waals surface area contributed by atoms with Crippen molar-refractivity contribution in [3.63, 3.8) is 0 Å². The summed E-state index contributed by atoms with van der Waals surface area (Å²) in [4.78, 5) is 31.6. The fraction of sp³-hybridized carbons (Fsp3) is 0.107. The third kappa shape index (κ3) is 8.29. The molecule has 12 heteroatoms. The first-order valence-electron chi connectivity index (χ1n) is 12.2. The molecule has 1 amide bonds. The van der Waals surface area contributed by atoms with E-state index in [0.717, 1.165) is 5.56 Å². The van der Waals surface area contributed by atoms with Gasteiger partial charge in [-0.05, 0) is 53.9 Å². The van der Waals surface area contributed by atoms with Crippen LogP contribution in [0, 0.1) is 0 Å². The molecule has 4 aromatic rings. The minimum Gasteiger partial charge on any atom is -0.414 e. The van der Waals surface area contributed by atoms with Crippen LogP contribution in [0.3, 0.4) is 0 Å². The largest absolute Gasteiger partial charge is 0.524 e. The Balaban J connectivity index is 1.72. The second-order valence-electron chi connectivity index (χ2n) is 8.71. The number of carbonyl (C=O) groups excluding carboxylic acids is 1. The second-order valence-corrected chi connectivity index (χ2v) is 11.8. The lowest BCUT2D eigenvalue weighted by Gasteiger charge is -2.29. The number of nitrogens with two attached hydrogens (primary N) is 1. The molecule has 5 N–H and O–H groups in total. The van der Waals surface area contributed by atoms with Gasteiger partial charge in [0.05, 0.1) is 6.04 Å². The van der Waals surface area contributed by atoms with Crippen LogP contribution in [-0.2, 0) is 20.3 Å². The van der Waals surface area contributed by atoms with Crippen LogP contribution in [0.1, 0.15) is 16.9 Å². The minimum atomic E-state index is -4.81. The molecular weight excluding hydrogens is 554 g/mol. The van der Waals surface area contributed by atoms with Gasteiger partial charge in [-0.2, -0.15) is 0 Å². The molecule has 0 aliphatic rings. The summed E-state index contributed by atoms with van der Waals surface area (Å²) >= 11 is 0. The summed E-state index contributed by atoms with van der Waals surface area (Å²) in [6.07, 6.45) is 0.220. The molecule has 2 atom stereocenters. The monoisotopic (exact) mass is 582 g/mol. The maximum atomic E-state index is 14.6. The molecule has 40 heavy (non-hydrogen) atoms. The Morgan fingerprint density at radius 2 is 1.15 bits per heavy atom. The van der Waals surface area contributed by atoms with Crippen molar-refractivity contribution in [3.8, 4) is 17.2 Å². The molecule has 0 saturated heterocycles. The molecule has 208 valence electrons. The van der Waals surface area contributed by atoms with Gasteiger partial charge in [0.15, 0.2) is 5.78 Å². The molecule has 0 saturated carbocycles. The topological polar surface area (TPSA) is 157 Å². The van der Waals surface area contributed by atoms with E-state index in [-0.39, 0.29) is 29.2 Å². The summed E-state index contributed by atoms with van der Waals surface area (Å²) in [5, 5.41) is 2.73. The van der Waals surface area contributed by atoms with E-state index in [1.54, 1.807) is 60.7 Å². The summed E-state index contributed by atoms with van der Waals surface area (Å²) in [6, 6.07) is 30.2. The van der Waals surface area contributed by atoms with Crippen LogP contribution in [0.4, 0.5) is 0 Å². The van der Waals surface area contributed by atoms with Crippen molar-refractivity contribution in [2.75, 3.05) is 0 Å². The third-order valence-corrected chi connectivity index (χ3v) is 8.04. The Morgan fingerprint density at radius 1 is 0.700 bits per heavy atom. The summed E-state index contributed by atoms with van der Waals surface area (Å²) in [5.74, 6) is -1.65. The second kappa shape index (κ2) is 13.0. The summed E-state index contributed by atoms with van der Waals surface area (Å²) in [5.41, 5.74) is 7.32. The average molecular weight is 582 g/mol. The number of hydrogen-bond acceptors (Lipinski definition) is 7. The van der Waals surface area contributed by atoms with Crippen LogP contribution in [0.5, 0.6) is 17.2 Å². The Morgan fingerprint density at radius 3 is 1.62 bits per heavy atom. The molecule has 10 nitrogen and oxygen atoms in total. The molecule has 0 aromatic heterocycles. The van der Waals surface area contributed by atoms with Crippen LogP contribution in [0.2, 0.25) is 0 Å². The van der Waals surface area contributed by atoms with Crippen molar-refractivity contribution in [2.45, 2.75) is 18.2 Å². The molecule has 2 unspecified atom stereocenters. The van der Waals surface area contributed by atoms with Gasteiger partial charge in [-0.3, -0.25) is 14.6 Å². The third-order valence-electron chi connectivity index (χ3n) is 5.60. The lowest BCUT2D eigenvalue weighted by molar-refractivity contribution is -0.122. The smallest absolute Gasteiger partial charge is 0.414 e. The Bertz CT molecular complexity index is 1440. The van der Waals surface area contributed by atoms with Gasteiger partial charge in [-0.15, -0.1) is 0 Å². The van der Waals surface area contributed by atoms with Gasteiger partial charge in [-0.1, -0.05) is 78.9 Å². The zero-order chi connectivity index (χ0) is 28.6. The van der Waals surface area contributed by atoms with Crippen molar-refractivity contribution in [2.24, 2.45) is 5.73 Å². The first-order valence-corrected chi connectivity index (χ1v) is 15.3. The Labute approximate surface area is 231 Å². The number of nitrogens with one attached hydrogen (secondary N) is 1. The van der Waals surface area contributed by atoms with E-state index in [0.29, 0.717) is 0 Å². The standard InChI is InChI=1S/C28H28N2O8P2/c29-26(20-21-10-4-1-5-11-21)27(31)30-28(22-16-18-25(19-17-22)38-40(33,34)35)39(32,36-23-12-6-2-7-13-23)37-24-14-8-3-9-15-24/h1-19,26,28H,20,29H2,(H,30,31)(H2,33,34,35). The number of phosphoric acid groups is 1. The van der Waals surface area contributed by atoms with Crippen molar-refractivity contribution < 1.29 is 37.3 Å². The van der Waals surface area contributed by atoms with Crippen molar-refractivity contribution in [1.29, 1.82) is 0 Å². The first-order chi connectivity index (χ1) is 19.1. The van der Waals surface area contributed by atoms with Crippen LogP contribution in [-0.4, -0.2) is 21.7 Å². The zero-order valence-corrected chi connectivity index (χ0v) is 22.9. The van der Waals surface area contributed by atoms with Gasteiger partial charge < -0.3 is 24.6 Å². The van der Waals surface area contributed by atoms with Gasteiger partial charge >= 0.3 is 15.4 Å². The predicted octanol–water partition coefficient (Wildman–Crippen LogP) is 5.19. The fourth-order valence-corrected chi connectivity index (χ4v) is 6.07. The van der Waals surface area contributed by atoms with Gasteiger partial charge in [0.25, 0.3) is 0 Å². The zero-order valence-electron chi connectivity index (χ0n) is 21.1. The molecule has 0 bridgehead atoms. The highest BCUT2D eigenvalue weighted by Crippen LogP contribution is 2.59. The number of para-hydroxylation sites is 2.